The smallest absolute Gasteiger partial charge is 0.338 e. The second-order valence-electron chi connectivity index (χ2n) is 10.2. The third-order valence-electron chi connectivity index (χ3n) is 6.93. The van der Waals surface area contributed by atoms with Crippen molar-refractivity contribution in [2.24, 2.45) is 5.73 Å². The number of esters is 1. The number of nitrogens with two attached hydrogens (primary N) is 1. The normalized spacial score (nSPS) is 17.3. The van der Waals surface area contributed by atoms with Crippen LogP contribution in [-0.2, 0) is 27.4 Å². The van der Waals surface area contributed by atoms with Gasteiger partial charge < -0.3 is 65.5 Å². The first-order valence-electron chi connectivity index (χ1n) is 13.7. The van der Waals surface area contributed by atoms with Gasteiger partial charge in [0.1, 0.15) is 29.0 Å². The second kappa shape index (κ2) is 13.1. The molecule has 2 heterocycles. The molecule has 5 rings (SSSR count). The molecule has 4 aromatic rings. The largest absolute Gasteiger partial charge is 0.508 e. The first-order chi connectivity index (χ1) is 22.0. The highest BCUT2D eigenvalue weighted by atomic mass is 16.6. The van der Waals surface area contributed by atoms with Crippen LogP contribution in [0, 0.1) is 0 Å². The average molecular weight is 643 g/mol. The molecule has 0 aliphatic carbocycles. The van der Waals surface area contributed by atoms with Crippen molar-refractivity contribution >= 4 is 5.97 Å². The molecule has 17 nitrogen and oxygen atoms in total. The molecule has 10 N–H and O–H groups in total. The van der Waals surface area contributed by atoms with Crippen molar-refractivity contribution in [3.8, 4) is 51.7 Å². The maximum Gasteiger partial charge on any atom is 0.338 e. The Kier molecular flexibility index (Phi) is 9.08. The summed E-state index contributed by atoms with van der Waals surface area (Å²) in [6, 6.07) is 5.89. The molecule has 0 amide bonds. The minimum absolute atomic E-state index is 0.0347. The van der Waals surface area contributed by atoms with Gasteiger partial charge in [-0.1, -0.05) is 5.21 Å². The zero-order valence-electron chi connectivity index (χ0n) is 23.8. The van der Waals surface area contributed by atoms with Crippen LogP contribution in [0.3, 0.4) is 0 Å². The number of ether oxygens (including phenoxy) is 4. The molecule has 244 valence electrons. The van der Waals surface area contributed by atoms with Crippen LogP contribution in [0.4, 0.5) is 0 Å². The molecule has 3 atom stereocenters. The van der Waals surface area contributed by atoms with E-state index < -0.39 is 75.8 Å². The topological polar surface area (TPSA) is 273 Å². The Bertz CT molecular complexity index is 1700. The number of phenolic OH excluding ortho intramolecular Hbond substituents is 8. The molecule has 1 aromatic heterocycles. The summed E-state index contributed by atoms with van der Waals surface area (Å²) in [4.78, 5) is 13.4. The number of hydrogen-bond acceptors (Lipinski definition) is 16. The summed E-state index contributed by atoms with van der Waals surface area (Å²) in [5.41, 5.74) is 5.25. The molecule has 46 heavy (non-hydrogen) atoms. The minimum Gasteiger partial charge on any atom is -0.508 e. The van der Waals surface area contributed by atoms with Crippen LogP contribution in [0.1, 0.15) is 39.4 Å². The van der Waals surface area contributed by atoms with Crippen LogP contribution in [0.15, 0.2) is 42.6 Å². The van der Waals surface area contributed by atoms with E-state index in [2.05, 4.69) is 10.3 Å². The van der Waals surface area contributed by atoms with Crippen molar-refractivity contribution in [2.45, 2.75) is 31.5 Å². The lowest BCUT2D eigenvalue weighted by Gasteiger charge is -2.39. The fourth-order valence-electron chi connectivity index (χ4n) is 4.80. The van der Waals surface area contributed by atoms with E-state index in [0.29, 0.717) is 32.0 Å². The Balaban J connectivity index is 1.54. The molecule has 17 heteroatoms. The molecule has 0 spiro atoms. The molecule has 0 saturated carbocycles. The predicted molar refractivity (Wildman–Crippen MR) is 153 cm³/mol. The van der Waals surface area contributed by atoms with Crippen LogP contribution < -0.4 is 10.5 Å². The monoisotopic (exact) mass is 642 g/mol. The number of benzene rings is 3. The quantitative estimate of drug-likeness (QED) is 0.0637. The van der Waals surface area contributed by atoms with E-state index in [1.165, 1.54) is 4.68 Å². The summed E-state index contributed by atoms with van der Waals surface area (Å²) >= 11 is 0. The van der Waals surface area contributed by atoms with Gasteiger partial charge in [-0.2, -0.15) is 0 Å². The number of rotatable bonds is 11. The van der Waals surface area contributed by atoms with Crippen molar-refractivity contribution in [3.63, 3.8) is 0 Å². The minimum atomic E-state index is -1.56. The summed E-state index contributed by atoms with van der Waals surface area (Å²) in [6.45, 7) is 1.14. The van der Waals surface area contributed by atoms with Gasteiger partial charge in [0, 0.05) is 24.2 Å². The second-order valence-corrected chi connectivity index (χ2v) is 10.2. The fraction of sp³-hybridized carbons (Fsp3) is 0.276. The molecule has 1 aliphatic heterocycles. The van der Waals surface area contributed by atoms with Crippen LogP contribution in [0.5, 0.6) is 51.7 Å². The van der Waals surface area contributed by atoms with Crippen LogP contribution in [0.25, 0.3) is 0 Å². The van der Waals surface area contributed by atoms with Gasteiger partial charge in [-0.25, -0.2) is 9.48 Å². The van der Waals surface area contributed by atoms with Crippen LogP contribution >= 0.6 is 0 Å². The Labute approximate surface area is 259 Å². The Morgan fingerprint density at radius 3 is 2.17 bits per heavy atom. The number of nitrogens with zero attached hydrogens (tertiary/aromatic N) is 3. The Morgan fingerprint density at radius 1 is 0.870 bits per heavy atom. The predicted octanol–water partition coefficient (Wildman–Crippen LogP) is 1.52. The number of aromatic nitrogens is 3. The maximum absolute atomic E-state index is 13.4. The number of hydrogen-bond donors (Lipinski definition) is 9. The number of aromatic hydroxyl groups is 8. The van der Waals surface area contributed by atoms with E-state index in [-0.39, 0.29) is 23.5 Å². The zero-order chi connectivity index (χ0) is 33.1. The van der Waals surface area contributed by atoms with Gasteiger partial charge >= 0.3 is 5.97 Å². The van der Waals surface area contributed by atoms with E-state index in [9.17, 15) is 45.6 Å². The van der Waals surface area contributed by atoms with Crippen molar-refractivity contribution in [1.82, 2.24) is 15.0 Å². The summed E-state index contributed by atoms with van der Waals surface area (Å²) < 4.78 is 24.8. The third-order valence-corrected chi connectivity index (χ3v) is 6.93. The van der Waals surface area contributed by atoms with Crippen molar-refractivity contribution in [3.05, 3.63) is 65.0 Å². The molecule has 0 radical (unpaired) electrons. The number of carbonyl (C=O) groups excluding carboxylic acids is 1. The molecule has 0 saturated heterocycles. The SMILES string of the molecule is NCCOCCn1cc(COC2c3c(O)cc(O)cc3OC(c3cc(O)c(O)c(O)c3)C2OC(=O)c2cc(O)c(O)c(O)c2)nn1. The zero-order valence-corrected chi connectivity index (χ0v) is 23.8. The van der Waals surface area contributed by atoms with Crippen molar-refractivity contribution in [2.75, 3.05) is 19.8 Å². The van der Waals surface area contributed by atoms with Gasteiger partial charge in [-0.05, 0) is 24.3 Å². The lowest BCUT2D eigenvalue weighted by atomic mass is 9.90. The highest BCUT2D eigenvalue weighted by Gasteiger charge is 2.45. The lowest BCUT2D eigenvalue weighted by Crippen LogP contribution is -2.39. The van der Waals surface area contributed by atoms with E-state index >= 15 is 0 Å². The van der Waals surface area contributed by atoms with Crippen molar-refractivity contribution in [1.29, 1.82) is 0 Å². The summed E-state index contributed by atoms with van der Waals surface area (Å²) in [6.07, 6.45) is -2.82. The van der Waals surface area contributed by atoms with E-state index in [0.717, 1.165) is 36.4 Å². The molecule has 1 aliphatic rings. The highest BCUT2D eigenvalue weighted by Crippen LogP contribution is 2.51. The maximum atomic E-state index is 13.4. The molecular formula is C29H30N4O13. The number of carbonyl (C=O) groups is 1. The number of fused-ring (bicyclic) bond motifs is 1. The Hall–Kier alpha value is -5.65. The van der Waals surface area contributed by atoms with Gasteiger partial charge in [0.15, 0.2) is 46.7 Å². The summed E-state index contributed by atoms with van der Waals surface area (Å²) in [7, 11) is 0. The average Bonchev–Trinajstić information content (AvgIpc) is 3.46. The molecule has 3 unspecified atom stereocenters. The fourth-order valence-corrected chi connectivity index (χ4v) is 4.80. The summed E-state index contributed by atoms with van der Waals surface area (Å²) in [5, 5.41) is 89.2. The van der Waals surface area contributed by atoms with Gasteiger partial charge in [0.05, 0.1) is 43.7 Å². The van der Waals surface area contributed by atoms with E-state index in [1.807, 2.05) is 0 Å². The van der Waals surface area contributed by atoms with Gasteiger partial charge in [0.25, 0.3) is 0 Å². The first kappa shape index (κ1) is 31.8. The van der Waals surface area contributed by atoms with Gasteiger partial charge in [0.2, 0.25) is 0 Å². The molecule has 0 fully saturated rings. The van der Waals surface area contributed by atoms with E-state index in [1.54, 1.807) is 6.20 Å². The lowest BCUT2D eigenvalue weighted by molar-refractivity contribution is -0.116. The van der Waals surface area contributed by atoms with E-state index in [4.69, 9.17) is 24.7 Å². The van der Waals surface area contributed by atoms with Crippen molar-refractivity contribution < 1.29 is 64.6 Å². The van der Waals surface area contributed by atoms with Crippen LogP contribution in [0.2, 0.25) is 0 Å². The molecule has 3 aromatic carbocycles. The third kappa shape index (κ3) is 6.55. The van der Waals surface area contributed by atoms with Gasteiger partial charge in [-0.15, -0.1) is 5.10 Å². The first-order valence-corrected chi connectivity index (χ1v) is 13.7. The molecular weight excluding hydrogens is 612 g/mol. The van der Waals surface area contributed by atoms with Crippen LogP contribution in [-0.4, -0.2) is 87.7 Å². The highest BCUT2D eigenvalue weighted by molar-refractivity contribution is 5.91. The Morgan fingerprint density at radius 2 is 1.52 bits per heavy atom. The van der Waals surface area contributed by atoms with Gasteiger partial charge in [-0.3, -0.25) is 0 Å². The number of phenols is 8. The molecule has 0 bridgehead atoms. The summed E-state index contributed by atoms with van der Waals surface area (Å²) in [5.74, 6) is -7.00. The standard InChI is InChI=1S/C29H30N4O13/c30-1-3-43-4-2-33-11-15(31-32-33)12-44-27-23-17(35)9-16(34)10-22(23)45-26(13-5-18(36)24(40)19(37)6-13)28(27)46-29(42)14-7-20(38)25(41)21(39)8-14/h5-11,26-28,34-41H,1-4,12,30H2.